The lowest BCUT2D eigenvalue weighted by atomic mass is 10.1. The molecule has 3 amide bonds. The number of hydrogen-bond acceptors (Lipinski definition) is 6. The Labute approximate surface area is 172 Å². The number of nitro benzene ring substituents is 1. The molecule has 0 saturated carbocycles. The van der Waals surface area contributed by atoms with E-state index in [1.54, 1.807) is 7.11 Å². The van der Waals surface area contributed by atoms with Crippen LogP contribution in [0.2, 0.25) is 0 Å². The number of hydrogen-bond donors (Lipinski definition) is 1. The first-order valence-electron chi connectivity index (χ1n) is 9.32. The third-order valence-corrected chi connectivity index (χ3v) is 5.02. The number of imide groups is 1. The van der Waals surface area contributed by atoms with Gasteiger partial charge in [-0.05, 0) is 38.0 Å². The van der Waals surface area contributed by atoms with E-state index in [1.807, 2.05) is 25.1 Å². The minimum absolute atomic E-state index is 0.0710. The fraction of sp³-hybridized carbons (Fsp3) is 0.286. The molecule has 1 aliphatic heterocycles. The zero-order valence-corrected chi connectivity index (χ0v) is 16.8. The number of nitrogens with one attached hydrogen (secondary N) is 1. The number of rotatable bonds is 7. The Morgan fingerprint density at radius 2 is 1.97 bits per heavy atom. The molecule has 1 aliphatic rings. The van der Waals surface area contributed by atoms with E-state index in [0.717, 1.165) is 22.1 Å². The summed E-state index contributed by atoms with van der Waals surface area (Å²) in [6.07, 6.45) is 0.497. The zero-order valence-electron chi connectivity index (χ0n) is 16.8. The Kier molecular flexibility index (Phi) is 5.81. The van der Waals surface area contributed by atoms with E-state index >= 15 is 0 Å². The lowest BCUT2D eigenvalue weighted by molar-refractivity contribution is -0.385. The average molecular weight is 411 g/mol. The number of aryl methyl sites for hydroxylation is 1. The Balaban J connectivity index is 1.70. The van der Waals surface area contributed by atoms with Crippen molar-refractivity contribution in [2.24, 2.45) is 0 Å². The van der Waals surface area contributed by atoms with Crippen molar-refractivity contribution in [1.29, 1.82) is 0 Å². The fourth-order valence-electron chi connectivity index (χ4n) is 3.48. The maximum Gasteiger partial charge on any atom is 0.282 e. The Bertz CT molecular complexity index is 1050. The highest BCUT2D eigenvalue weighted by atomic mass is 16.6. The third kappa shape index (κ3) is 3.73. The first-order chi connectivity index (χ1) is 14.3. The molecular weight excluding hydrogens is 390 g/mol. The van der Waals surface area contributed by atoms with Gasteiger partial charge in [-0.3, -0.25) is 29.4 Å². The number of carbonyl (C=O) groups excluding carboxylic acids is 3. The molecule has 30 heavy (non-hydrogen) atoms. The van der Waals surface area contributed by atoms with Crippen molar-refractivity contribution in [2.45, 2.75) is 26.3 Å². The predicted molar refractivity (Wildman–Crippen MR) is 108 cm³/mol. The fourth-order valence-corrected chi connectivity index (χ4v) is 3.48. The van der Waals surface area contributed by atoms with Gasteiger partial charge in [0.2, 0.25) is 5.91 Å². The van der Waals surface area contributed by atoms with E-state index in [1.165, 1.54) is 19.1 Å². The Hall–Kier alpha value is -3.75. The predicted octanol–water partition coefficient (Wildman–Crippen LogP) is 2.26. The highest BCUT2D eigenvalue weighted by Gasteiger charge is 2.44. The van der Waals surface area contributed by atoms with Gasteiger partial charge in [-0.2, -0.15) is 0 Å². The molecular formula is C21H21N3O6. The van der Waals surface area contributed by atoms with Gasteiger partial charge in [-0.1, -0.05) is 23.8 Å². The molecule has 1 unspecified atom stereocenters. The first kappa shape index (κ1) is 21.0. The molecule has 9 heteroatoms. The van der Waals surface area contributed by atoms with Gasteiger partial charge in [-0.25, -0.2) is 0 Å². The summed E-state index contributed by atoms with van der Waals surface area (Å²) in [5.41, 5.74) is 1.17. The van der Waals surface area contributed by atoms with Crippen LogP contribution in [0.5, 0.6) is 5.75 Å². The average Bonchev–Trinajstić information content (AvgIpc) is 2.98. The summed E-state index contributed by atoms with van der Waals surface area (Å²) in [6, 6.07) is 8.45. The third-order valence-electron chi connectivity index (χ3n) is 5.02. The zero-order chi connectivity index (χ0) is 22.0. The summed E-state index contributed by atoms with van der Waals surface area (Å²) in [5, 5.41) is 13.9. The van der Waals surface area contributed by atoms with Crippen molar-refractivity contribution in [2.75, 3.05) is 13.7 Å². The monoisotopic (exact) mass is 411 g/mol. The van der Waals surface area contributed by atoms with E-state index in [2.05, 4.69) is 5.32 Å². The number of fused-ring (bicyclic) bond motifs is 1. The Morgan fingerprint density at radius 3 is 2.63 bits per heavy atom. The molecule has 1 N–H and O–H groups in total. The summed E-state index contributed by atoms with van der Waals surface area (Å²) in [6.45, 7) is 3.63. The van der Waals surface area contributed by atoms with Crippen molar-refractivity contribution in [3.05, 3.63) is 68.8 Å². The number of benzene rings is 2. The van der Waals surface area contributed by atoms with Gasteiger partial charge in [-0.15, -0.1) is 0 Å². The van der Waals surface area contributed by atoms with Crippen molar-refractivity contribution >= 4 is 23.4 Å². The van der Waals surface area contributed by atoms with Crippen LogP contribution in [0.4, 0.5) is 5.69 Å². The molecule has 1 atom stereocenters. The van der Waals surface area contributed by atoms with Crippen molar-refractivity contribution in [1.82, 2.24) is 10.2 Å². The quantitative estimate of drug-likeness (QED) is 0.424. The number of carbonyl (C=O) groups is 3. The maximum absolute atomic E-state index is 12.7. The van der Waals surface area contributed by atoms with Crippen LogP contribution >= 0.6 is 0 Å². The number of amides is 3. The van der Waals surface area contributed by atoms with E-state index < -0.39 is 34.4 Å². The summed E-state index contributed by atoms with van der Waals surface area (Å²) in [4.78, 5) is 49.2. The second-order valence-electron chi connectivity index (χ2n) is 6.97. The van der Waals surface area contributed by atoms with Gasteiger partial charge in [0, 0.05) is 12.6 Å². The molecule has 9 nitrogen and oxygen atoms in total. The van der Waals surface area contributed by atoms with Gasteiger partial charge in [0.05, 0.1) is 17.6 Å². The van der Waals surface area contributed by atoms with Crippen LogP contribution in [-0.2, 0) is 11.2 Å². The van der Waals surface area contributed by atoms with E-state index in [-0.39, 0.29) is 17.7 Å². The molecule has 2 aromatic carbocycles. The van der Waals surface area contributed by atoms with Crippen molar-refractivity contribution < 1.29 is 24.0 Å². The van der Waals surface area contributed by atoms with Crippen LogP contribution in [0.15, 0.2) is 36.4 Å². The topological polar surface area (TPSA) is 119 Å². The number of nitrogens with zero attached hydrogens (tertiary/aromatic N) is 2. The van der Waals surface area contributed by atoms with Gasteiger partial charge in [0.1, 0.15) is 17.4 Å². The molecule has 0 saturated heterocycles. The van der Waals surface area contributed by atoms with Crippen molar-refractivity contribution in [3.63, 3.8) is 0 Å². The molecule has 0 aliphatic carbocycles. The molecule has 0 fully saturated rings. The van der Waals surface area contributed by atoms with Crippen LogP contribution in [-0.4, -0.2) is 47.2 Å². The van der Waals surface area contributed by atoms with Crippen LogP contribution < -0.4 is 10.1 Å². The summed E-state index contributed by atoms with van der Waals surface area (Å²) >= 11 is 0. The van der Waals surface area contributed by atoms with Crippen LogP contribution in [0.25, 0.3) is 0 Å². The summed E-state index contributed by atoms with van der Waals surface area (Å²) in [7, 11) is 1.57. The van der Waals surface area contributed by atoms with Gasteiger partial charge in [0.25, 0.3) is 17.5 Å². The number of ether oxygens (including phenoxy) is 1. The standard InChI is InChI=1S/C21H21N3O6/c1-12-7-8-17(30-3)14(11-12)9-10-22-19(25)13(2)23-20(26)15-5-4-6-16(24(28)29)18(15)21(23)27/h4-8,11,13H,9-10H2,1-3H3,(H,22,25). The lowest BCUT2D eigenvalue weighted by Crippen LogP contribution is -2.48. The van der Waals surface area contributed by atoms with Gasteiger partial charge in [0.15, 0.2) is 0 Å². The second-order valence-corrected chi connectivity index (χ2v) is 6.97. The first-order valence-corrected chi connectivity index (χ1v) is 9.32. The SMILES string of the molecule is COc1ccc(C)cc1CCNC(=O)C(C)N1C(=O)c2cccc([N+](=O)[O-])c2C1=O. The highest BCUT2D eigenvalue weighted by Crippen LogP contribution is 2.31. The molecule has 0 radical (unpaired) electrons. The lowest BCUT2D eigenvalue weighted by Gasteiger charge is -2.21. The van der Waals surface area contributed by atoms with Crippen LogP contribution in [0, 0.1) is 17.0 Å². The largest absolute Gasteiger partial charge is 0.496 e. The summed E-state index contributed by atoms with van der Waals surface area (Å²) < 4.78 is 5.32. The van der Waals surface area contributed by atoms with Crippen molar-refractivity contribution in [3.8, 4) is 5.75 Å². The van der Waals surface area contributed by atoms with Gasteiger partial charge >= 0.3 is 0 Å². The molecule has 0 spiro atoms. The Morgan fingerprint density at radius 1 is 1.23 bits per heavy atom. The molecule has 0 aromatic heterocycles. The van der Waals surface area contributed by atoms with Gasteiger partial charge < -0.3 is 10.1 Å². The number of nitro groups is 1. The maximum atomic E-state index is 12.7. The summed E-state index contributed by atoms with van der Waals surface area (Å²) in [5.74, 6) is -1.39. The minimum atomic E-state index is -1.11. The van der Waals surface area contributed by atoms with E-state index in [4.69, 9.17) is 4.74 Å². The molecule has 0 bridgehead atoms. The second kappa shape index (κ2) is 8.32. The van der Waals surface area contributed by atoms with E-state index in [9.17, 15) is 24.5 Å². The molecule has 1 heterocycles. The normalized spacial score (nSPS) is 13.8. The molecule has 3 rings (SSSR count). The molecule has 156 valence electrons. The van der Waals surface area contributed by atoms with Crippen LogP contribution in [0.1, 0.15) is 38.8 Å². The molecule has 2 aromatic rings. The number of methoxy groups -OCH3 is 1. The highest BCUT2D eigenvalue weighted by molar-refractivity contribution is 6.24. The van der Waals surface area contributed by atoms with E-state index in [0.29, 0.717) is 12.2 Å². The van der Waals surface area contributed by atoms with Crippen LogP contribution in [0.3, 0.4) is 0 Å². The minimum Gasteiger partial charge on any atom is -0.496 e. The smallest absolute Gasteiger partial charge is 0.282 e.